The van der Waals surface area contributed by atoms with E-state index in [1.165, 1.54) is 0 Å². The van der Waals surface area contributed by atoms with Crippen LogP contribution in [-0.4, -0.2) is 17.6 Å². The van der Waals surface area contributed by atoms with Gasteiger partial charge in [0, 0.05) is 5.75 Å². The average molecular weight is 154 g/mol. The van der Waals surface area contributed by atoms with Gasteiger partial charge in [-0.15, -0.1) is 0 Å². The van der Waals surface area contributed by atoms with E-state index in [2.05, 4.69) is 17.5 Å². The third kappa shape index (κ3) is 2.03. The van der Waals surface area contributed by atoms with Gasteiger partial charge in [0.05, 0.1) is 5.54 Å². The van der Waals surface area contributed by atoms with Crippen LogP contribution in [0.2, 0.25) is 0 Å². The minimum atomic E-state index is -0.676. The first-order valence-corrected chi connectivity index (χ1v) is 3.14. The van der Waals surface area contributed by atoms with Crippen molar-refractivity contribution in [3.63, 3.8) is 0 Å². The lowest BCUT2D eigenvalue weighted by molar-refractivity contribution is -0.111. The molecule has 0 bridgehead atoms. The van der Waals surface area contributed by atoms with Crippen LogP contribution >= 0.6 is 24.4 Å². The van der Waals surface area contributed by atoms with Crippen molar-refractivity contribution < 1.29 is 4.79 Å². The SMILES string of the molecule is C[C@](C=O)(CS)NCl. The van der Waals surface area contributed by atoms with E-state index < -0.39 is 5.54 Å². The lowest BCUT2D eigenvalue weighted by Crippen LogP contribution is -2.40. The largest absolute Gasteiger partial charge is 0.301 e. The molecule has 4 heteroatoms. The number of halogens is 1. The van der Waals surface area contributed by atoms with Crippen LogP contribution in [0.3, 0.4) is 0 Å². The van der Waals surface area contributed by atoms with Gasteiger partial charge in [-0.1, -0.05) is 0 Å². The minimum Gasteiger partial charge on any atom is -0.301 e. The molecule has 0 fully saturated rings. The van der Waals surface area contributed by atoms with Gasteiger partial charge >= 0.3 is 0 Å². The number of nitrogens with one attached hydrogen (secondary N) is 1. The van der Waals surface area contributed by atoms with Crippen LogP contribution in [0.1, 0.15) is 6.92 Å². The molecular weight excluding hydrogens is 146 g/mol. The summed E-state index contributed by atoms with van der Waals surface area (Å²) in [6.07, 6.45) is 0.729. The Labute approximate surface area is 59.1 Å². The van der Waals surface area contributed by atoms with Crippen molar-refractivity contribution in [3.05, 3.63) is 0 Å². The molecule has 2 nitrogen and oxygen atoms in total. The molecule has 0 saturated heterocycles. The Kier molecular flexibility index (Phi) is 3.44. The molecular formula is C4H8ClNOS. The molecule has 0 heterocycles. The Hall–Kier alpha value is 0.270. The van der Waals surface area contributed by atoms with Gasteiger partial charge in [0.15, 0.2) is 0 Å². The van der Waals surface area contributed by atoms with E-state index in [9.17, 15) is 4.79 Å². The van der Waals surface area contributed by atoms with Gasteiger partial charge in [-0.3, -0.25) is 0 Å². The summed E-state index contributed by atoms with van der Waals surface area (Å²) in [5.74, 6) is 0.403. The van der Waals surface area contributed by atoms with Crippen LogP contribution < -0.4 is 4.84 Å². The molecule has 0 rings (SSSR count). The molecule has 0 spiro atoms. The lowest BCUT2D eigenvalue weighted by Gasteiger charge is -2.15. The predicted octanol–water partition coefficient (Wildman–Crippen LogP) is 0.617. The van der Waals surface area contributed by atoms with E-state index >= 15 is 0 Å². The second-order valence-electron chi connectivity index (χ2n) is 1.79. The van der Waals surface area contributed by atoms with Gasteiger partial charge in [-0.2, -0.15) is 12.6 Å². The molecule has 0 aromatic carbocycles. The molecule has 1 N–H and O–H groups in total. The minimum absolute atomic E-state index is 0.403. The third-order valence-corrected chi connectivity index (χ3v) is 1.89. The molecule has 0 aliphatic rings. The fourth-order valence-electron chi connectivity index (χ4n) is 0.0894. The van der Waals surface area contributed by atoms with Crippen LogP contribution in [0.4, 0.5) is 0 Å². The standard InChI is InChI=1S/C4H8ClNOS/c1-4(2-7,3-8)6-5/h2,6,8H,3H2,1H3/t4-/m0/s1. The molecule has 0 radical (unpaired) electrons. The summed E-state index contributed by atoms with van der Waals surface area (Å²) in [6, 6.07) is 0. The summed E-state index contributed by atoms with van der Waals surface area (Å²) in [5, 5.41) is 0. The molecule has 0 amide bonds. The summed E-state index contributed by atoms with van der Waals surface area (Å²) in [7, 11) is 0. The summed E-state index contributed by atoms with van der Waals surface area (Å²) < 4.78 is 0. The maximum absolute atomic E-state index is 10.1. The second-order valence-corrected chi connectivity index (χ2v) is 2.29. The van der Waals surface area contributed by atoms with Crippen LogP contribution in [0.15, 0.2) is 0 Å². The Balaban J connectivity index is 3.76. The number of hydrogen-bond donors (Lipinski definition) is 2. The first-order chi connectivity index (χ1) is 3.68. The van der Waals surface area contributed by atoms with Gasteiger partial charge in [0.1, 0.15) is 6.29 Å². The molecule has 0 saturated carbocycles. The summed E-state index contributed by atoms with van der Waals surface area (Å²) in [6.45, 7) is 1.67. The van der Waals surface area contributed by atoms with E-state index in [1.54, 1.807) is 6.92 Å². The van der Waals surface area contributed by atoms with E-state index in [0.29, 0.717) is 5.75 Å². The fraction of sp³-hybridized carbons (Fsp3) is 0.750. The van der Waals surface area contributed by atoms with E-state index in [0.717, 1.165) is 6.29 Å². The Bertz CT molecular complexity index is 84.1. The van der Waals surface area contributed by atoms with Crippen molar-refractivity contribution >= 4 is 30.7 Å². The average Bonchev–Trinajstić information content (AvgIpc) is 1.87. The molecule has 0 aliphatic heterocycles. The van der Waals surface area contributed by atoms with Crippen molar-refractivity contribution in [2.75, 3.05) is 5.75 Å². The first kappa shape index (κ1) is 8.27. The number of aldehydes is 1. The zero-order valence-corrected chi connectivity index (χ0v) is 6.17. The monoisotopic (exact) mass is 153 g/mol. The topological polar surface area (TPSA) is 29.1 Å². The molecule has 0 aromatic heterocycles. The quantitative estimate of drug-likeness (QED) is 0.354. The molecule has 48 valence electrons. The van der Waals surface area contributed by atoms with E-state index in [4.69, 9.17) is 11.8 Å². The van der Waals surface area contributed by atoms with Crippen molar-refractivity contribution in [1.82, 2.24) is 4.84 Å². The fourth-order valence-corrected chi connectivity index (χ4v) is 0.448. The van der Waals surface area contributed by atoms with Gasteiger partial charge in [0.25, 0.3) is 0 Å². The van der Waals surface area contributed by atoms with Gasteiger partial charge in [-0.05, 0) is 18.7 Å². The van der Waals surface area contributed by atoms with E-state index in [-0.39, 0.29) is 0 Å². The number of carbonyl (C=O) groups is 1. The second kappa shape index (κ2) is 3.33. The molecule has 0 aromatic rings. The van der Waals surface area contributed by atoms with Crippen molar-refractivity contribution in [2.45, 2.75) is 12.5 Å². The van der Waals surface area contributed by atoms with Crippen LogP contribution in [0.25, 0.3) is 0 Å². The summed E-state index contributed by atoms with van der Waals surface area (Å²) in [5.41, 5.74) is -0.676. The van der Waals surface area contributed by atoms with E-state index in [1.807, 2.05) is 0 Å². The predicted molar refractivity (Wildman–Crippen MR) is 37.3 cm³/mol. The van der Waals surface area contributed by atoms with Crippen LogP contribution in [0.5, 0.6) is 0 Å². The number of thiol groups is 1. The molecule has 0 aliphatic carbocycles. The highest BCUT2D eigenvalue weighted by Gasteiger charge is 2.18. The highest BCUT2D eigenvalue weighted by molar-refractivity contribution is 7.80. The maximum Gasteiger partial charge on any atom is 0.141 e. The molecule has 8 heavy (non-hydrogen) atoms. The highest BCUT2D eigenvalue weighted by atomic mass is 35.5. The Morgan fingerprint density at radius 1 is 2.00 bits per heavy atom. The van der Waals surface area contributed by atoms with Crippen molar-refractivity contribution in [2.24, 2.45) is 0 Å². The van der Waals surface area contributed by atoms with Crippen LogP contribution in [-0.2, 0) is 4.79 Å². The van der Waals surface area contributed by atoms with Crippen molar-refractivity contribution in [3.8, 4) is 0 Å². The zero-order valence-electron chi connectivity index (χ0n) is 4.52. The number of rotatable bonds is 3. The lowest BCUT2D eigenvalue weighted by atomic mass is 10.1. The Morgan fingerprint density at radius 2 is 2.50 bits per heavy atom. The smallest absolute Gasteiger partial charge is 0.141 e. The first-order valence-electron chi connectivity index (χ1n) is 2.13. The van der Waals surface area contributed by atoms with Gasteiger partial charge in [0.2, 0.25) is 0 Å². The van der Waals surface area contributed by atoms with Gasteiger partial charge < -0.3 is 4.79 Å². The summed E-state index contributed by atoms with van der Waals surface area (Å²) in [4.78, 5) is 12.4. The number of hydrogen-bond acceptors (Lipinski definition) is 3. The molecule has 0 unspecified atom stereocenters. The third-order valence-electron chi connectivity index (χ3n) is 0.804. The molecule has 1 atom stereocenters. The van der Waals surface area contributed by atoms with Crippen molar-refractivity contribution in [1.29, 1.82) is 0 Å². The normalized spacial score (nSPS) is 17.4. The Morgan fingerprint density at radius 3 is 2.50 bits per heavy atom. The number of carbonyl (C=O) groups excluding carboxylic acids is 1. The van der Waals surface area contributed by atoms with Crippen LogP contribution in [0, 0.1) is 0 Å². The van der Waals surface area contributed by atoms with Gasteiger partial charge in [-0.25, -0.2) is 4.84 Å². The maximum atomic E-state index is 10.1. The zero-order chi connectivity index (χ0) is 6.62. The highest BCUT2D eigenvalue weighted by Crippen LogP contribution is 2.01. The summed E-state index contributed by atoms with van der Waals surface area (Å²) >= 11 is 9.06.